The lowest BCUT2D eigenvalue weighted by atomic mass is 10.1. The number of hydrogen-bond acceptors (Lipinski definition) is 4. The normalized spacial score (nSPS) is 13.0. The van der Waals surface area contributed by atoms with Crippen LogP contribution in [0.15, 0.2) is 33.7 Å². The average molecular weight is 351 g/mol. The number of oxazole rings is 1. The van der Waals surface area contributed by atoms with E-state index in [0.29, 0.717) is 30.0 Å². The van der Waals surface area contributed by atoms with Crippen LogP contribution < -0.4 is 10.6 Å². The zero-order chi connectivity index (χ0) is 17.5. The topological polar surface area (TPSA) is 71.7 Å². The van der Waals surface area contributed by atoms with Crippen molar-refractivity contribution in [3.63, 3.8) is 0 Å². The van der Waals surface area contributed by atoms with Gasteiger partial charge in [-0.25, -0.2) is 4.98 Å². The minimum atomic E-state index is -0.131. The standard InChI is InChI=1S/C17H23ClN4O2/c1-11-12(2)24-16(22-11)10-21-17(19-3)20-9-15(23-4)13-6-5-7-14(18)8-13/h5-8,15H,9-10H2,1-4H3,(H2,19,20,21). The molecule has 7 heteroatoms. The molecular weight excluding hydrogens is 328 g/mol. The molecule has 1 aromatic heterocycles. The molecule has 24 heavy (non-hydrogen) atoms. The molecule has 0 radical (unpaired) electrons. The second-order valence-corrected chi connectivity index (χ2v) is 5.77. The summed E-state index contributed by atoms with van der Waals surface area (Å²) in [6.07, 6.45) is -0.131. The Kier molecular flexibility index (Phi) is 6.63. The van der Waals surface area contributed by atoms with Crippen molar-refractivity contribution >= 4 is 17.6 Å². The van der Waals surface area contributed by atoms with E-state index in [1.165, 1.54) is 0 Å². The number of nitrogens with one attached hydrogen (secondary N) is 2. The molecule has 0 saturated heterocycles. The summed E-state index contributed by atoms with van der Waals surface area (Å²) >= 11 is 6.04. The quantitative estimate of drug-likeness (QED) is 0.619. The molecule has 1 unspecified atom stereocenters. The maximum Gasteiger partial charge on any atom is 0.214 e. The molecule has 6 nitrogen and oxygen atoms in total. The SMILES string of the molecule is CN=C(NCc1nc(C)c(C)o1)NCC(OC)c1cccc(Cl)c1. The molecule has 0 spiro atoms. The van der Waals surface area contributed by atoms with Gasteiger partial charge >= 0.3 is 0 Å². The fraction of sp³-hybridized carbons (Fsp3) is 0.412. The zero-order valence-corrected chi connectivity index (χ0v) is 15.1. The summed E-state index contributed by atoms with van der Waals surface area (Å²) in [4.78, 5) is 8.53. The van der Waals surface area contributed by atoms with Crippen molar-refractivity contribution in [3.05, 3.63) is 52.2 Å². The van der Waals surface area contributed by atoms with Gasteiger partial charge in [0.05, 0.1) is 18.3 Å². The maximum atomic E-state index is 6.04. The van der Waals surface area contributed by atoms with Crippen LogP contribution in [-0.2, 0) is 11.3 Å². The van der Waals surface area contributed by atoms with E-state index in [-0.39, 0.29) is 6.10 Å². The molecular formula is C17H23ClN4O2. The van der Waals surface area contributed by atoms with Crippen LogP contribution in [0, 0.1) is 13.8 Å². The number of benzene rings is 1. The van der Waals surface area contributed by atoms with Gasteiger partial charge < -0.3 is 19.8 Å². The summed E-state index contributed by atoms with van der Waals surface area (Å²) in [7, 11) is 3.38. The number of rotatable bonds is 6. The van der Waals surface area contributed by atoms with Crippen LogP contribution in [0.5, 0.6) is 0 Å². The van der Waals surface area contributed by atoms with Gasteiger partial charge in [0.25, 0.3) is 0 Å². The Hall–Kier alpha value is -2.05. The summed E-state index contributed by atoms with van der Waals surface area (Å²) in [6, 6.07) is 7.62. The smallest absolute Gasteiger partial charge is 0.214 e. The monoisotopic (exact) mass is 350 g/mol. The first-order chi connectivity index (χ1) is 11.5. The highest BCUT2D eigenvalue weighted by molar-refractivity contribution is 6.30. The third-order valence-corrected chi connectivity index (χ3v) is 3.90. The first-order valence-corrected chi connectivity index (χ1v) is 8.07. The van der Waals surface area contributed by atoms with Gasteiger partial charge in [0.15, 0.2) is 5.96 Å². The van der Waals surface area contributed by atoms with Crippen molar-refractivity contribution < 1.29 is 9.15 Å². The van der Waals surface area contributed by atoms with E-state index in [4.69, 9.17) is 20.8 Å². The van der Waals surface area contributed by atoms with Crippen molar-refractivity contribution in [2.75, 3.05) is 20.7 Å². The molecule has 0 aliphatic rings. The van der Waals surface area contributed by atoms with E-state index >= 15 is 0 Å². The predicted octanol–water partition coefficient (Wildman–Crippen LogP) is 3.00. The molecule has 0 aliphatic heterocycles. The Bertz CT molecular complexity index is 680. The third kappa shape index (κ3) is 4.97. The number of nitrogens with zero attached hydrogens (tertiary/aromatic N) is 2. The largest absolute Gasteiger partial charge is 0.444 e. The Morgan fingerprint density at radius 3 is 2.75 bits per heavy atom. The Labute approximate surface area is 147 Å². The van der Waals surface area contributed by atoms with Crippen LogP contribution in [0.2, 0.25) is 5.02 Å². The van der Waals surface area contributed by atoms with Gasteiger partial charge in [0.2, 0.25) is 5.89 Å². The van der Waals surface area contributed by atoms with Crippen molar-refractivity contribution in [1.82, 2.24) is 15.6 Å². The van der Waals surface area contributed by atoms with Crippen molar-refractivity contribution in [2.45, 2.75) is 26.5 Å². The highest BCUT2D eigenvalue weighted by Gasteiger charge is 2.12. The molecule has 2 aromatic rings. The van der Waals surface area contributed by atoms with Crippen LogP contribution >= 0.6 is 11.6 Å². The molecule has 2 rings (SSSR count). The Morgan fingerprint density at radius 1 is 1.38 bits per heavy atom. The minimum Gasteiger partial charge on any atom is -0.444 e. The number of aliphatic imine (C=N–C) groups is 1. The van der Waals surface area contributed by atoms with E-state index in [2.05, 4.69) is 20.6 Å². The molecule has 0 amide bonds. The molecule has 0 saturated carbocycles. The molecule has 0 fully saturated rings. The van der Waals surface area contributed by atoms with E-state index in [1.54, 1.807) is 14.2 Å². The van der Waals surface area contributed by atoms with Crippen molar-refractivity contribution in [3.8, 4) is 0 Å². The van der Waals surface area contributed by atoms with Gasteiger partial charge in [-0.15, -0.1) is 0 Å². The van der Waals surface area contributed by atoms with Gasteiger partial charge in [0, 0.05) is 25.7 Å². The van der Waals surface area contributed by atoms with Crippen LogP contribution in [0.3, 0.4) is 0 Å². The molecule has 0 aliphatic carbocycles. The summed E-state index contributed by atoms with van der Waals surface area (Å²) in [5.74, 6) is 2.11. The highest BCUT2D eigenvalue weighted by Crippen LogP contribution is 2.19. The van der Waals surface area contributed by atoms with Crippen LogP contribution in [0.25, 0.3) is 0 Å². The Morgan fingerprint density at radius 2 is 2.17 bits per heavy atom. The predicted molar refractivity (Wildman–Crippen MR) is 95.4 cm³/mol. The molecule has 0 bridgehead atoms. The van der Waals surface area contributed by atoms with Crippen LogP contribution in [0.1, 0.15) is 29.0 Å². The average Bonchev–Trinajstić information content (AvgIpc) is 2.89. The van der Waals surface area contributed by atoms with Gasteiger partial charge in [-0.3, -0.25) is 4.99 Å². The lowest BCUT2D eigenvalue weighted by Crippen LogP contribution is -2.39. The summed E-state index contributed by atoms with van der Waals surface area (Å²) in [5.41, 5.74) is 1.90. The van der Waals surface area contributed by atoms with E-state index in [0.717, 1.165) is 17.0 Å². The second-order valence-electron chi connectivity index (χ2n) is 5.34. The number of hydrogen-bond donors (Lipinski definition) is 2. The molecule has 1 aromatic carbocycles. The van der Waals surface area contributed by atoms with Gasteiger partial charge in [-0.2, -0.15) is 0 Å². The number of guanidine groups is 1. The Balaban J connectivity index is 1.90. The van der Waals surface area contributed by atoms with Gasteiger partial charge in [0.1, 0.15) is 5.76 Å². The fourth-order valence-electron chi connectivity index (χ4n) is 2.23. The summed E-state index contributed by atoms with van der Waals surface area (Å²) < 4.78 is 11.1. The third-order valence-electron chi connectivity index (χ3n) is 3.66. The second kappa shape index (κ2) is 8.70. The maximum absolute atomic E-state index is 6.04. The summed E-state index contributed by atoms with van der Waals surface area (Å²) in [6.45, 7) is 4.83. The van der Waals surface area contributed by atoms with Gasteiger partial charge in [-0.1, -0.05) is 23.7 Å². The summed E-state index contributed by atoms with van der Waals surface area (Å²) in [5, 5.41) is 7.09. The minimum absolute atomic E-state index is 0.131. The molecule has 1 heterocycles. The van der Waals surface area contributed by atoms with Crippen molar-refractivity contribution in [2.24, 2.45) is 4.99 Å². The molecule has 2 N–H and O–H groups in total. The van der Waals surface area contributed by atoms with E-state index < -0.39 is 0 Å². The lowest BCUT2D eigenvalue weighted by Gasteiger charge is -2.18. The highest BCUT2D eigenvalue weighted by atomic mass is 35.5. The lowest BCUT2D eigenvalue weighted by molar-refractivity contribution is 0.106. The van der Waals surface area contributed by atoms with Crippen LogP contribution in [0.4, 0.5) is 0 Å². The number of halogens is 1. The van der Waals surface area contributed by atoms with Crippen molar-refractivity contribution in [1.29, 1.82) is 0 Å². The molecule has 1 atom stereocenters. The first-order valence-electron chi connectivity index (χ1n) is 7.69. The van der Waals surface area contributed by atoms with E-state index in [1.807, 2.05) is 38.1 Å². The van der Waals surface area contributed by atoms with E-state index in [9.17, 15) is 0 Å². The van der Waals surface area contributed by atoms with Gasteiger partial charge in [-0.05, 0) is 31.5 Å². The number of aryl methyl sites for hydroxylation is 2. The number of aromatic nitrogens is 1. The fourth-order valence-corrected chi connectivity index (χ4v) is 2.43. The number of ether oxygens (including phenoxy) is 1. The van der Waals surface area contributed by atoms with Crippen LogP contribution in [-0.4, -0.2) is 31.6 Å². The number of methoxy groups -OCH3 is 1. The first kappa shape index (κ1) is 18.3. The molecule has 130 valence electrons. The zero-order valence-electron chi connectivity index (χ0n) is 14.4.